The molecule has 2 aromatic rings. The summed E-state index contributed by atoms with van der Waals surface area (Å²) >= 11 is 0. The maximum atomic E-state index is 12.9. The molecule has 5 heteroatoms. The Morgan fingerprint density at radius 1 is 1.29 bits per heavy atom. The quantitative estimate of drug-likeness (QED) is 0.941. The van der Waals surface area contributed by atoms with Gasteiger partial charge in [0, 0.05) is 19.7 Å². The van der Waals surface area contributed by atoms with Crippen molar-refractivity contribution < 1.29 is 19.0 Å². The van der Waals surface area contributed by atoms with E-state index in [0.29, 0.717) is 12.3 Å². The summed E-state index contributed by atoms with van der Waals surface area (Å²) in [4.78, 5) is 13.7. The zero-order valence-corrected chi connectivity index (χ0v) is 11.8. The van der Waals surface area contributed by atoms with Gasteiger partial charge < -0.3 is 14.7 Å². The highest BCUT2D eigenvalue weighted by Gasteiger charge is 2.16. The molecule has 0 atom stereocenters. The fraction of sp³-hybridized carbons (Fsp3) is 0.188. The van der Waals surface area contributed by atoms with Crippen molar-refractivity contribution in [3.63, 3.8) is 0 Å². The Hall–Kier alpha value is -2.56. The Morgan fingerprint density at radius 2 is 2.05 bits per heavy atom. The standard InChI is InChI=1S/C16H16FNO3/c1-18(10-11-4-3-5-13(8-11)21-2)16(20)14-7-6-12(17)9-15(14)19/h3-9,19H,10H2,1-2H3. The zero-order chi connectivity index (χ0) is 15.4. The summed E-state index contributed by atoms with van der Waals surface area (Å²) in [6.45, 7) is 0.354. The van der Waals surface area contributed by atoms with Crippen LogP contribution in [0.3, 0.4) is 0 Å². The summed E-state index contributed by atoms with van der Waals surface area (Å²) in [5, 5.41) is 9.65. The Bertz CT molecular complexity index is 658. The van der Waals surface area contributed by atoms with Gasteiger partial charge in [-0.2, -0.15) is 0 Å². The molecule has 0 bridgehead atoms. The van der Waals surface area contributed by atoms with E-state index in [1.807, 2.05) is 24.3 Å². The van der Waals surface area contributed by atoms with Crippen LogP contribution in [0.4, 0.5) is 4.39 Å². The molecule has 0 saturated heterocycles. The van der Waals surface area contributed by atoms with Gasteiger partial charge in [0.05, 0.1) is 12.7 Å². The van der Waals surface area contributed by atoms with Gasteiger partial charge in [-0.3, -0.25) is 4.79 Å². The number of benzene rings is 2. The van der Waals surface area contributed by atoms with Crippen molar-refractivity contribution in [1.82, 2.24) is 4.90 Å². The first kappa shape index (κ1) is 14.8. The molecular formula is C16H16FNO3. The minimum absolute atomic E-state index is 0.0711. The predicted octanol–water partition coefficient (Wildman–Crippen LogP) is 2.81. The summed E-state index contributed by atoms with van der Waals surface area (Å²) in [5.41, 5.74) is 0.966. The number of amides is 1. The number of halogens is 1. The molecule has 1 amide bonds. The molecule has 0 aliphatic heterocycles. The average Bonchev–Trinajstić information content (AvgIpc) is 2.46. The first-order valence-electron chi connectivity index (χ1n) is 6.38. The number of hydrogen-bond acceptors (Lipinski definition) is 3. The highest BCUT2D eigenvalue weighted by molar-refractivity contribution is 5.96. The van der Waals surface area contributed by atoms with E-state index in [-0.39, 0.29) is 17.2 Å². The van der Waals surface area contributed by atoms with Crippen molar-refractivity contribution in [2.75, 3.05) is 14.2 Å². The number of carbonyl (C=O) groups is 1. The lowest BCUT2D eigenvalue weighted by molar-refractivity contribution is 0.0782. The number of ether oxygens (including phenoxy) is 1. The highest BCUT2D eigenvalue weighted by Crippen LogP contribution is 2.21. The van der Waals surface area contributed by atoms with Crippen LogP contribution in [0.25, 0.3) is 0 Å². The molecular weight excluding hydrogens is 273 g/mol. The average molecular weight is 289 g/mol. The molecule has 4 nitrogen and oxygen atoms in total. The molecule has 21 heavy (non-hydrogen) atoms. The summed E-state index contributed by atoms with van der Waals surface area (Å²) < 4.78 is 18.1. The number of rotatable bonds is 4. The number of nitrogens with zero attached hydrogens (tertiary/aromatic N) is 1. The largest absolute Gasteiger partial charge is 0.507 e. The van der Waals surface area contributed by atoms with E-state index in [1.165, 1.54) is 11.0 Å². The normalized spacial score (nSPS) is 10.2. The minimum Gasteiger partial charge on any atom is -0.507 e. The fourth-order valence-corrected chi connectivity index (χ4v) is 2.01. The Morgan fingerprint density at radius 3 is 2.71 bits per heavy atom. The number of carbonyl (C=O) groups excluding carboxylic acids is 1. The maximum Gasteiger partial charge on any atom is 0.257 e. The topological polar surface area (TPSA) is 49.8 Å². The minimum atomic E-state index is -0.584. The second-order valence-corrected chi connectivity index (χ2v) is 4.67. The van der Waals surface area contributed by atoms with Gasteiger partial charge >= 0.3 is 0 Å². The first-order valence-corrected chi connectivity index (χ1v) is 6.38. The van der Waals surface area contributed by atoms with E-state index < -0.39 is 5.82 Å². The third kappa shape index (κ3) is 3.51. The first-order chi connectivity index (χ1) is 10.0. The van der Waals surface area contributed by atoms with Crippen LogP contribution in [0.1, 0.15) is 15.9 Å². The summed E-state index contributed by atoms with van der Waals surface area (Å²) in [6.07, 6.45) is 0. The van der Waals surface area contributed by atoms with Crippen LogP contribution in [0, 0.1) is 5.82 Å². The second kappa shape index (κ2) is 6.26. The molecule has 2 aromatic carbocycles. The van der Waals surface area contributed by atoms with Crippen molar-refractivity contribution in [2.45, 2.75) is 6.54 Å². The zero-order valence-electron chi connectivity index (χ0n) is 11.8. The van der Waals surface area contributed by atoms with E-state index in [0.717, 1.165) is 17.7 Å². The number of phenolic OH excluding ortho intramolecular Hbond substituents is 1. The lowest BCUT2D eigenvalue weighted by atomic mass is 10.1. The summed E-state index contributed by atoms with van der Waals surface area (Å²) in [6, 6.07) is 10.7. The van der Waals surface area contributed by atoms with Crippen LogP contribution in [0.5, 0.6) is 11.5 Å². The Labute approximate surface area is 122 Å². The molecule has 0 fully saturated rings. The number of hydrogen-bond donors (Lipinski definition) is 1. The number of aromatic hydroxyl groups is 1. The van der Waals surface area contributed by atoms with Gasteiger partial charge in [0.2, 0.25) is 0 Å². The van der Waals surface area contributed by atoms with Crippen LogP contribution < -0.4 is 4.74 Å². The smallest absolute Gasteiger partial charge is 0.257 e. The van der Waals surface area contributed by atoms with Crippen LogP contribution >= 0.6 is 0 Å². The Balaban J connectivity index is 2.15. The van der Waals surface area contributed by atoms with Crippen LogP contribution in [0.2, 0.25) is 0 Å². The highest BCUT2D eigenvalue weighted by atomic mass is 19.1. The van der Waals surface area contributed by atoms with E-state index in [4.69, 9.17) is 4.74 Å². The maximum absolute atomic E-state index is 12.9. The van der Waals surface area contributed by atoms with Crippen molar-refractivity contribution in [3.8, 4) is 11.5 Å². The van der Waals surface area contributed by atoms with Gasteiger partial charge in [-0.1, -0.05) is 12.1 Å². The molecule has 0 spiro atoms. The molecule has 0 radical (unpaired) electrons. The van der Waals surface area contributed by atoms with Gasteiger partial charge in [0.25, 0.3) is 5.91 Å². The molecule has 0 heterocycles. The monoisotopic (exact) mass is 289 g/mol. The molecule has 0 aromatic heterocycles. The second-order valence-electron chi connectivity index (χ2n) is 4.67. The number of phenols is 1. The van der Waals surface area contributed by atoms with Gasteiger partial charge in [0.15, 0.2) is 0 Å². The molecule has 0 aliphatic carbocycles. The molecule has 1 N–H and O–H groups in total. The SMILES string of the molecule is COc1cccc(CN(C)C(=O)c2ccc(F)cc2O)c1. The third-order valence-electron chi connectivity index (χ3n) is 3.09. The Kier molecular flexibility index (Phi) is 4.42. The van der Waals surface area contributed by atoms with Crippen molar-refractivity contribution in [3.05, 3.63) is 59.4 Å². The van der Waals surface area contributed by atoms with Gasteiger partial charge in [-0.05, 0) is 29.8 Å². The van der Waals surface area contributed by atoms with Crippen LogP contribution in [-0.4, -0.2) is 30.1 Å². The number of methoxy groups -OCH3 is 1. The van der Waals surface area contributed by atoms with Crippen molar-refractivity contribution in [2.24, 2.45) is 0 Å². The van der Waals surface area contributed by atoms with E-state index in [2.05, 4.69) is 0 Å². The van der Waals surface area contributed by atoms with Crippen LogP contribution in [0.15, 0.2) is 42.5 Å². The summed E-state index contributed by atoms with van der Waals surface area (Å²) in [5.74, 6) is -0.620. The van der Waals surface area contributed by atoms with E-state index in [9.17, 15) is 14.3 Å². The lowest BCUT2D eigenvalue weighted by Gasteiger charge is -2.18. The molecule has 0 unspecified atom stereocenters. The van der Waals surface area contributed by atoms with Gasteiger partial charge in [0.1, 0.15) is 17.3 Å². The predicted molar refractivity (Wildman–Crippen MR) is 76.9 cm³/mol. The van der Waals surface area contributed by atoms with Crippen LogP contribution in [-0.2, 0) is 6.54 Å². The molecule has 0 saturated carbocycles. The third-order valence-corrected chi connectivity index (χ3v) is 3.09. The molecule has 0 aliphatic rings. The summed E-state index contributed by atoms with van der Waals surface area (Å²) in [7, 11) is 3.19. The van der Waals surface area contributed by atoms with Crippen molar-refractivity contribution in [1.29, 1.82) is 0 Å². The van der Waals surface area contributed by atoms with E-state index in [1.54, 1.807) is 14.2 Å². The fourth-order valence-electron chi connectivity index (χ4n) is 2.01. The lowest BCUT2D eigenvalue weighted by Crippen LogP contribution is -2.26. The van der Waals surface area contributed by atoms with Crippen molar-refractivity contribution >= 4 is 5.91 Å². The molecule has 2 rings (SSSR count). The van der Waals surface area contributed by atoms with Gasteiger partial charge in [-0.25, -0.2) is 4.39 Å². The van der Waals surface area contributed by atoms with E-state index >= 15 is 0 Å². The molecule has 110 valence electrons. The van der Waals surface area contributed by atoms with Gasteiger partial charge in [-0.15, -0.1) is 0 Å².